The predicted molar refractivity (Wildman–Crippen MR) is 105 cm³/mol. The number of nitrogens with one attached hydrogen (secondary N) is 1. The number of fused-ring (bicyclic) bond motifs is 1. The summed E-state index contributed by atoms with van der Waals surface area (Å²) < 4.78 is 12.5. The number of aromatic nitrogens is 2. The molecule has 0 saturated carbocycles. The quantitative estimate of drug-likeness (QED) is 0.411. The highest BCUT2D eigenvalue weighted by molar-refractivity contribution is 6.10. The third kappa shape index (κ3) is 3.11. The van der Waals surface area contributed by atoms with E-state index in [0.717, 1.165) is 10.9 Å². The fraction of sp³-hybridized carbons (Fsp3) is 0.136. The number of hydrogen-bond donors (Lipinski definition) is 1. The number of rotatable bonds is 5. The average Bonchev–Trinajstić information content (AvgIpc) is 3.41. The molecule has 29 heavy (non-hydrogen) atoms. The van der Waals surface area contributed by atoms with Crippen LogP contribution in [0.25, 0.3) is 16.8 Å². The van der Waals surface area contributed by atoms with Crippen LogP contribution in [-0.2, 0) is 4.74 Å². The first kappa shape index (κ1) is 18.3. The van der Waals surface area contributed by atoms with Crippen molar-refractivity contribution in [2.45, 2.75) is 13.8 Å². The van der Waals surface area contributed by atoms with Crippen molar-refractivity contribution < 1.29 is 18.7 Å². The van der Waals surface area contributed by atoms with Crippen LogP contribution in [0.4, 0.5) is 0 Å². The van der Waals surface area contributed by atoms with Crippen LogP contribution in [0.1, 0.15) is 37.7 Å². The Hall–Kier alpha value is -4.05. The second-order valence-electron chi connectivity index (χ2n) is 6.59. The lowest BCUT2D eigenvalue weighted by Crippen LogP contribution is -2.16. The van der Waals surface area contributed by atoms with Crippen LogP contribution < -0.4 is 0 Å². The summed E-state index contributed by atoms with van der Waals surface area (Å²) in [6.45, 7) is 2.94. The van der Waals surface area contributed by atoms with Crippen molar-refractivity contribution in [3.05, 3.63) is 76.9 Å². The minimum absolute atomic E-state index is 0.0275. The summed E-state index contributed by atoms with van der Waals surface area (Å²) in [5.74, 6) is -0.600. The molecule has 4 rings (SSSR count). The number of hydrogen-bond acceptors (Lipinski definition) is 5. The number of ether oxygens (including phenoxy) is 1. The molecule has 3 heterocycles. The summed E-state index contributed by atoms with van der Waals surface area (Å²) in [7, 11) is 0. The fourth-order valence-corrected chi connectivity index (χ4v) is 3.44. The van der Waals surface area contributed by atoms with E-state index in [1.807, 2.05) is 30.3 Å². The van der Waals surface area contributed by atoms with Crippen LogP contribution in [-0.4, -0.2) is 27.9 Å². The maximum atomic E-state index is 12.7. The van der Waals surface area contributed by atoms with Crippen LogP contribution in [0.5, 0.6) is 0 Å². The van der Waals surface area contributed by atoms with Gasteiger partial charge in [-0.15, -0.1) is 0 Å². The molecule has 0 aliphatic rings. The van der Waals surface area contributed by atoms with Crippen molar-refractivity contribution in [2.24, 2.45) is 0 Å². The number of H-pyrrole nitrogens is 1. The topological polar surface area (TPSA) is 101 Å². The van der Waals surface area contributed by atoms with Crippen LogP contribution in [0.15, 0.2) is 53.2 Å². The van der Waals surface area contributed by atoms with E-state index in [1.165, 1.54) is 0 Å². The summed E-state index contributed by atoms with van der Waals surface area (Å²) in [4.78, 5) is 28.5. The molecule has 0 unspecified atom stereocenters. The van der Waals surface area contributed by atoms with E-state index in [2.05, 4.69) is 4.98 Å². The number of esters is 1. The molecule has 0 radical (unpaired) electrons. The molecule has 144 valence electrons. The number of nitriles is 1. The SMILES string of the molecule is Cc1[nH]c2ccccc2c1C(=O)COC(=O)c1c(C)oc(-n2cccc2)c1C#N. The highest BCUT2D eigenvalue weighted by Crippen LogP contribution is 2.27. The predicted octanol–water partition coefficient (Wildman–Crippen LogP) is 4.08. The number of furan rings is 1. The Morgan fingerprint density at radius 1 is 1.14 bits per heavy atom. The van der Waals surface area contributed by atoms with Gasteiger partial charge < -0.3 is 14.1 Å². The van der Waals surface area contributed by atoms with E-state index in [9.17, 15) is 14.9 Å². The number of para-hydroxylation sites is 1. The van der Waals surface area contributed by atoms with Gasteiger partial charge in [-0.1, -0.05) is 18.2 Å². The largest absolute Gasteiger partial charge is 0.454 e. The molecule has 1 aromatic carbocycles. The van der Waals surface area contributed by atoms with Crippen LogP contribution in [0, 0.1) is 25.2 Å². The van der Waals surface area contributed by atoms with E-state index < -0.39 is 12.6 Å². The first-order chi connectivity index (χ1) is 14.0. The normalized spacial score (nSPS) is 10.8. The molecule has 0 spiro atoms. The van der Waals surface area contributed by atoms with Gasteiger partial charge in [-0.2, -0.15) is 5.26 Å². The van der Waals surface area contributed by atoms with Gasteiger partial charge in [0.15, 0.2) is 6.61 Å². The molecular weight excluding hydrogens is 370 g/mol. The second kappa shape index (κ2) is 7.17. The van der Waals surface area contributed by atoms with Crippen LogP contribution >= 0.6 is 0 Å². The third-order valence-corrected chi connectivity index (χ3v) is 4.73. The molecule has 0 aliphatic carbocycles. The van der Waals surface area contributed by atoms with Crippen molar-refractivity contribution in [3.8, 4) is 12.0 Å². The molecule has 4 aromatic rings. The zero-order valence-corrected chi connectivity index (χ0v) is 15.9. The number of aromatic amines is 1. The number of aryl methyl sites for hydroxylation is 2. The number of carbonyl (C=O) groups excluding carboxylic acids is 2. The molecule has 0 amide bonds. The molecular formula is C22H17N3O4. The minimum Gasteiger partial charge on any atom is -0.454 e. The van der Waals surface area contributed by atoms with Crippen molar-refractivity contribution >= 4 is 22.7 Å². The van der Waals surface area contributed by atoms with Gasteiger partial charge in [-0.05, 0) is 32.0 Å². The summed E-state index contributed by atoms with van der Waals surface area (Å²) in [6, 6.07) is 13.0. The lowest BCUT2D eigenvalue weighted by atomic mass is 10.1. The number of carbonyl (C=O) groups is 2. The molecule has 0 saturated heterocycles. The van der Waals surface area contributed by atoms with Crippen molar-refractivity contribution in [1.82, 2.24) is 9.55 Å². The van der Waals surface area contributed by atoms with Gasteiger partial charge in [-0.25, -0.2) is 4.79 Å². The monoisotopic (exact) mass is 387 g/mol. The Morgan fingerprint density at radius 2 is 1.86 bits per heavy atom. The number of ketones is 1. The zero-order valence-electron chi connectivity index (χ0n) is 15.9. The van der Waals surface area contributed by atoms with Gasteiger partial charge >= 0.3 is 5.97 Å². The maximum absolute atomic E-state index is 12.7. The number of Topliss-reactive ketones (excluding diaryl/α,β-unsaturated/α-hetero) is 1. The Labute approximate surface area is 166 Å². The molecule has 0 atom stereocenters. The lowest BCUT2D eigenvalue weighted by Gasteiger charge is -2.04. The van der Waals surface area contributed by atoms with E-state index in [4.69, 9.17) is 9.15 Å². The Morgan fingerprint density at radius 3 is 2.59 bits per heavy atom. The second-order valence-corrected chi connectivity index (χ2v) is 6.59. The number of benzene rings is 1. The molecule has 0 aliphatic heterocycles. The van der Waals surface area contributed by atoms with Crippen LogP contribution in [0.2, 0.25) is 0 Å². The van der Waals surface area contributed by atoms with Crippen molar-refractivity contribution in [2.75, 3.05) is 6.61 Å². The van der Waals surface area contributed by atoms with Gasteiger partial charge in [0.2, 0.25) is 11.7 Å². The van der Waals surface area contributed by atoms with Gasteiger partial charge in [0.1, 0.15) is 23.0 Å². The van der Waals surface area contributed by atoms with Gasteiger partial charge in [0, 0.05) is 34.6 Å². The van der Waals surface area contributed by atoms with E-state index in [0.29, 0.717) is 11.3 Å². The smallest absolute Gasteiger partial charge is 0.343 e. The molecule has 1 N–H and O–H groups in total. The maximum Gasteiger partial charge on any atom is 0.343 e. The summed E-state index contributed by atoms with van der Waals surface area (Å²) in [5.41, 5.74) is 2.14. The highest BCUT2D eigenvalue weighted by Gasteiger charge is 2.27. The Kier molecular flexibility index (Phi) is 4.53. The van der Waals surface area contributed by atoms with E-state index >= 15 is 0 Å². The first-order valence-electron chi connectivity index (χ1n) is 8.95. The molecule has 3 aromatic heterocycles. The van der Waals surface area contributed by atoms with Gasteiger partial charge in [0.25, 0.3) is 0 Å². The molecule has 0 fully saturated rings. The van der Waals surface area contributed by atoms with E-state index in [1.54, 1.807) is 42.9 Å². The van der Waals surface area contributed by atoms with Gasteiger partial charge in [0.05, 0.1) is 0 Å². The minimum atomic E-state index is -0.771. The third-order valence-electron chi connectivity index (χ3n) is 4.73. The first-order valence-corrected chi connectivity index (χ1v) is 8.95. The lowest BCUT2D eigenvalue weighted by molar-refractivity contribution is 0.0473. The summed E-state index contributed by atoms with van der Waals surface area (Å²) >= 11 is 0. The summed E-state index contributed by atoms with van der Waals surface area (Å²) in [6.07, 6.45) is 3.41. The van der Waals surface area contributed by atoms with Crippen LogP contribution in [0.3, 0.4) is 0 Å². The standard InChI is InChI=1S/C22H17N3O4/c1-13-19(15-7-3-4-8-17(15)24-13)18(26)12-28-22(27)20-14(2)29-21(16(20)11-23)25-9-5-6-10-25/h3-10,24H,12H2,1-2H3. The Balaban J connectivity index is 1.58. The fourth-order valence-electron chi connectivity index (χ4n) is 3.44. The van der Waals surface area contributed by atoms with E-state index in [-0.39, 0.29) is 28.6 Å². The summed E-state index contributed by atoms with van der Waals surface area (Å²) in [5, 5.41) is 10.3. The molecule has 0 bridgehead atoms. The zero-order chi connectivity index (χ0) is 20.5. The van der Waals surface area contributed by atoms with Crippen molar-refractivity contribution in [1.29, 1.82) is 5.26 Å². The molecule has 7 nitrogen and oxygen atoms in total. The number of nitrogens with zero attached hydrogens (tertiary/aromatic N) is 2. The van der Waals surface area contributed by atoms with Gasteiger partial charge in [-0.3, -0.25) is 9.36 Å². The van der Waals surface area contributed by atoms with Crippen molar-refractivity contribution in [3.63, 3.8) is 0 Å². The molecule has 7 heteroatoms. The average molecular weight is 387 g/mol. The highest BCUT2D eigenvalue weighted by atomic mass is 16.5. The Bertz CT molecular complexity index is 1270.